The fourth-order valence-electron chi connectivity index (χ4n) is 1.16. The molecule has 1 unspecified atom stereocenters. The highest BCUT2D eigenvalue weighted by molar-refractivity contribution is 4.72. The van der Waals surface area contributed by atoms with Crippen LogP contribution in [0, 0.1) is 5.92 Å². The van der Waals surface area contributed by atoms with Gasteiger partial charge < -0.3 is 5.32 Å². The van der Waals surface area contributed by atoms with Crippen LogP contribution in [0.4, 0.5) is 17.6 Å². The first-order chi connectivity index (χ1) is 6.40. The molecule has 5 heteroatoms. The van der Waals surface area contributed by atoms with E-state index >= 15 is 0 Å². The quantitative estimate of drug-likeness (QED) is 0.644. The van der Waals surface area contributed by atoms with Crippen molar-refractivity contribution in [3.05, 3.63) is 0 Å². The summed E-state index contributed by atoms with van der Waals surface area (Å²) in [6, 6.07) is 0. The van der Waals surface area contributed by atoms with Gasteiger partial charge in [0, 0.05) is 0 Å². The van der Waals surface area contributed by atoms with Crippen LogP contribution in [-0.2, 0) is 0 Å². The molecule has 0 aromatic carbocycles. The van der Waals surface area contributed by atoms with Crippen molar-refractivity contribution in [1.82, 2.24) is 5.32 Å². The van der Waals surface area contributed by atoms with E-state index in [1.807, 2.05) is 13.8 Å². The third-order valence-corrected chi connectivity index (χ3v) is 1.95. The molecule has 0 aliphatic heterocycles. The molecule has 1 nitrogen and oxygen atoms in total. The van der Waals surface area contributed by atoms with Crippen molar-refractivity contribution in [2.24, 2.45) is 5.92 Å². The molecule has 0 rings (SSSR count). The first-order valence-corrected chi connectivity index (χ1v) is 4.76. The Labute approximate surface area is 81.9 Å². The van der Waals surface area contributed by atoms with Gasteiger partial charge in [0.2, 0.25) is 0 Å². The Balaban J connectivity index is 3.62. The summed E-state index contributed by atoms with van der Waals surface area (Å²) >= 11 is 0. The predicted molar refractivity (Wildman–Crippen MR) is 47.9 cm³/mol. The number of halogens is 4. The highest BCUT2D eigenvalue weighted by Gasteiger charge is 2.39. The zero-order valence-electron chi connectivity index (χ0n) is 8.49. The minimum atomic E-state index is -3.91. The third kappa shape index (κ3) is 5.42. The van der Waals surface area contributed by atoms with Gasteiger partial charge >= 0.3 is 12.3 Å². The van der Waals surface area contributed by atoms with Crippen LogP contribution in [0.2, 0.25) is 0 Å². The topological polar surface area (TPSA) is 12.0 Å². The lowest BCUT2D eigenvalue weighted by molar-refractivity contribution is -0.125. The number of alkyl halides is 4. The lowest BCUT2D eigenvalue weighted by atomic mass is 10.1. The van der Waals surface area contributed by atoms with E-state index in [1.54, 1.807) is 0 Å². The third-order valence-electron chi connectivity index (χ3n) is 1.95. The minimum absolute atomic E-state index is 0.244. The standard InChI is InChI=1S/C9H17F4N/c1-3-4-7(2)5-14-6-9(12,13)8(10)11/h7-8,14H,3-6H2,1-2H3. The van der Waals surface area contributed by atoms with E-state index in [2.05, 4.69) is 5.32 Å². The lowest BCUT2D eigenvalue weighted by Gasteiger charge is -2.17. The molecule has 14 heavy (non-hydrogen) atoms. The smallest absolute Gasteiger partial charge is 0.311 e. The maximum atomic E-state index is 12.4. The van der Waals surface area contributed by atoms with Gasteiger partial charge in [0.15, 0.2) is 0 Å². The molecule has 1 atom stereocenters. The Kier molecular flexibility index (Phi) is 6.08. The molecule has 1 N–H and O–H groups in total. The van der Waals surface area contributed by atoms with Crippen LogP contribution in [0.15, 0.2) is 0 Å². The van der Waals surface area contributed by atoms with Gasteiger partial charge in [0.1, 0.15) is 0 Å². The molecule has 0 saturated carbocycles. The van der Waals surface area contributed by atoms with Gasteiger partial charge in [-0.3, -0.25) is 0 Å². The van der Waals surface area contributed by atoms with Crippen molar-refractivity contribution in [2.45, 2.75) is 39.0 Å². The summed E-state index contributed by atoms with van der Waals surface area (Å²) in [6.45, 7) is 3.30. The molecule has 0 aromatic heterocycles. The second-order valence-corrected chi connectivity index (χ2v) is 3.59. The first kappa shape index (κ1) is 13.7. The molecule has 0 bridgehead atoms. The number of hydrogen-bond donors (Lipinski definition) is 1. The summed E-state index contributed by atoms with van der Waals surface area (Å²) in [5.74, 6) is -3.67. The van der Waals surface area contributed by atoms with Crippen molar-refractivity contribution < 1.29 is 17.6 Å². The van der Waals surface area contributed by atoms with Gasteiger partial charge in [0.05, 0.1) is 6.54 Å². The van der Waals surface area contributed by atoms with Gasteiger partial charge in [-0.1, -0.05) is 20.3 Å². The summed E-state index contributed by atoms with van der Waals surface area (Å²) in [5, 5.41) is 2.36. The van der Waals surface area contributed by atoms with E-state index in [-0.39, 0.29) is 5.92 Å². The predicted octanol–water partition coefficient (Wildman–Crippen LogP) is 2.91. The van der Waals surface area contributed by atoms with E-state index in [1.165, 1.54) is 0 Å². The average Bonchev–Trinajstić information content (AvgIpc) is 2.04. The minimum Gasteiger partial charge on any atom is -0.311 e. The molecule has 0 aliphatic carbocycles. The van der Waals surface area contributed by atoms with Crippen LogP contribution in [0.3, 0.4) is 0 Å². The van der Waals surface area contributed by atoms with Crippen LogP contribution in [0.25, 0.3) is 0 Å². The molecular weight excluding hydrogens is 198 g/mol. The van der Waals surface area contributed by atoms with Gasteiger partial charge in [0.25, 0.3) is 0 Å². The molecule has 0 heterocycles. The fourth-order valence-corrected chi connectivity index (χ4v) is 1.16. The summed E-state index contributed by atoms with van der Waals surface area (Å²) in [5.41, 5.74) is 0. The van der Waals surface area contributed by atoms with Crippen LogP contribution in [0.1, 0.15) is 26.7 Å². The van der Waals surface area contributed by atoms with Crippen LogP contribution >= 0.6 is 0 Å². The van der Waals surface area contributed by atoms with Crippen molar-refractivity contribution in [3.63, 3.8) is 0 Å². The van der Waals surface area contributed by atoms with Crippen molar-refractivity contribution in [1.29, 1.82) is 0 Å². The number of nitrogens with one attached hydrogen (secondary N) is 1. The van der Waals surface area contributed by atoms with Gasteiger partial charge in [-0.05, 0) is 18.9 Å². The Morgan fingerprint density at radius 2 is 1.86 bits per heavy atom. The molecule has 0 radical (unpaired) electrons. The second-order valence-electron chi connectivity index (χ2n) is 3.59. The molecule has 0 fully saturated rings. The Morgan fingerprint density at radius 1 is 1.29 bits per heavy atom. The van der Waals surface area contributed by atoms with Gasteiger partial charge in [-0.2, -0.15) is 8.78 Å². The molecule has 86 valence electrons. The Morgan fingerprint density at radius 3 is 2.29 bits per heavy atom. The van der Waals surface area contributed by atoms with Gasteiger partial charge in [-0.25, -0.2) is 8.78 Å². The highest BCUT2D eigenvalue weighted by Crippen LogP contribution is 2.21. The zero-order chi connectivity index (χ0) is 11.2. The van der Waals surface area contributed by atoms with Crippen molar-refractivity contribution >= 4 is 0 Å². The van der Waals surface area contributed by atoms with E-state index in [0.717, 1.165) is 12.8 Å². The summed E-state index contributed by atoms with van der Waals surface area (Å²) < 4.78 is 48.1. The zero-order valence-corrected chi connectivity index (χ0v) is 8.49. The van der Waals surface area contributed by atoms with Crippen molar-refractivity contribution in [3.8, 4) is 0 Å². The Bertz CT molecular complexity index is 150. The molecule has 0 spiro atoms. The monoisotopic (exact) mass is 215 g/mol. The van der Waals surface area contributed by atoms with E-state index < -0.39 is 18.9 Å². The number of hydrogen-bond acceptors (Lipinski definition) is 1. The molecule has 0 saturated heterocycles. The van der Waals surface area contributed by atoms with Crippen LogP contribution in [0.5, 0.6) is 0 Å². The van der Waals surface area contributed by atoms with E-state index in [4.69, 9.17) is 0 Å². The molecular formula is C9H17F4N. The van der Waals surface area contributed by atoms with E-state index in [9.17, 15) is 17.6 Å². The highest BCUT2D eigenvalue weighted by atomic mass is 19.3. The molecule has 0 amide bonds. The van der Waals surface area contributed by atoms with Gasteiger partial charge in [-0.15, -0.1) is 0 Å². The Hall–Kier alpha value is -0.320. The maximum absolute atomic E-state index is 12.4. The van der Waals surface area contributed by atoms with E-state index in [0.29, 0.717) is 6.54 Å². The summed E-state index contributed by atoms with van der Waals surface area (Å²) in [6.07, 6.45) is -1.71. The molecule has 0 aliphatic rings. The SMILES string of the molecule is CCCC(C)CNCC(F)(F)C(F)F. The van der Waals surface area contributed by atoms with Crippen molar-refractivity contribution in [2.75, 3.05) is 13.1 Å². The summed E-state index contributed by atoms with van der Waals surface area (Å²) in [4.78, 5) is 0. The normalized spacial score (nSPS) is 14.8. The first-order valence-electron chi connectivity index (χ1n) is 4.76. The van der Waals surface area contributed by atoms with Crippen LogP contribution < -0.4 is 5.32 Å². The average molecular weight is 215 g/mol. The summed E-state index contributed by atoms with van der Waals surface area (Å²) in [7, 11) is 0. The van der Waals surface area contributed by atoms with Crippen LogP contribution in [-0.4, -0.2) is 25.4 Å². The largest absolute Gasteiger partial charge is 0.319 e. The fraction of sp³-hybridized carbons (Fsp3) is 1.00. The molecule has 0 aromatic rings. The lowest BCUT2D eigenvalue weighted by Crippen LogP contribution is -2.40. The number of rotatable bonds is 7. The maximum Gasteiger partial charge on any atom is 0.319 e. The second kappa shape index (κ2) is 6.22.